The van der Waals surface area contributed by atoms with Gasteiger partial charge in [-0.25, -0.2) is 9.37 Å². The second-order valence-electron chi connectivity index (χ2n) is 6.45. The second-order valence-corrected chi connectivity index (χ2v) is 7.85. The van der Waals surface area contributed by atoms with Gasteiger partial charge < -0.3 is 0 Å². The number of hydrogen-bond acceptors (Lipinski definition) is 5. The quantitative estimate of drug-likeness (QED) is 0.278. The molecular formula is C22H13ClFN3O3S. The average Bonchev–Trinajstić information content (AvgIpc) is 3.18. The van der Waals surface area contributed by atoms with E-state index >= 15 is 0 Å². The molecule has 0 saturated heterocycles. The van der Waals surface area contributed by atoms with E-state index in [1.165, 1.54) is 35.6 Å². The Morgan fingerprint density at radius 2 is 1.74 bits per heavy atom. The maximum absolute atomic E-state index is 13.4. The fourth-order valence-corrected chi connectivity index (χ4v) is 4.12. The SMILES string of the molecule is O=C(Nc1nc(-c2ccc(F)cc2)c(-c2ccccc2)s1)c1cc([N+](=O)[O-])ccc1Cl. The van der Waals surface area contributed by atoms with Gasteiger partial charge in [-0.15, -0.1) is 0 Å². The van der Waals surface area contributed by atoms with Crippen molar-refractivity contribution in [2.24, 2.45) is 0 Å². The Morgan fingerprint density at radius 3 is 2.42 bits per heavy atom. The van der Waals surface area contributed by atoms with Crippen LogP contribution in [0.15, 0.2) is 72.8 Å². The lowest BCUT2D eigenvalue weighted by Gasteiger charge is -2.04. The molecular weight excluding hydrogens is 441 g/mol. The first-order valence-electron chi connectivity index (χ1n) is 9.00. The topological polar surface area (TPSA) is 85.1 Å². The number of non-ortho nitro benzene ring substituents is 1. The molecule has 31 heavy (non-hydrogen) atoms. The molecule has 0 aliphatic rings. The lowest BCUT2D eigenvalue weighted by molar-refractivity contribution is -0.384. The minimum atomic E-state index is -0.618. The molecule has 6 nitrogen and oxygen atoms in total. The number of anilines is 1. The highest BCUT2D eigenvalue weighted by Crippen LogP contribution is 2.39. The summed E-state index contributed by atoms with van der Waals surface area (Å²) in [4.78, 5) is 28.5. The monoisotopic (exact) mass is 453 g/mol. The van der Waals surface area contributed by atoms with Gasteiger partial charge >= 0.3 is 0 Å². The van der Waals surface area contributed by atoms with Gasteiger partial charge in [-0.05, 0) is 35.9 Å². The van der Waals surface area contributed by atoms with Gasteiger partial charge in [-0.2, -0.15) is 0 Å². The number of rotatable bonds is 5. The number of hydrogen-bond donors (Lipinski definition) is 1. The maximum Gasteiger partial charge on any atom is 0.270 e. The van der Waals surface area contributed by atoms with Gasteiger partial charge in [0.05, 0.1) is 26.1 Å². The molecule has 0 spiro atoms. The average molecular weight is 454 g/mol. The third-order valence-electron chi connectivity index (χ3n) is 4.41. The van der Waals surface area contributed by atoms with Crippen LogP contribution in [0.25, 0.3) is 21.7 Å². The number of halogens is 2. The van der Waals surface area contributed by atoms with Crippen molar-refractivity contribution in [2.75, 3.05) is 5.32 Å². The van der Waals surface area contributed by atoms with E-state index in [4.69, 9.17) is 11.6 Å². The van der Waals surface area contributed by atoms with Crippen LogP contribution < -0.4 is 5.32 Å². The van der Waals surface area contributed by atoms with Crippen LogP contribution >= 0.6 is 22.9 Å². The largest absolute Gasteiger partial charge is 0.298 e. The zero-order chi connectivity index (χ0) is 22.0. The summed E-state index contributed by atoms with van der Waals surface area (Å²) in [6.45, 7) is 0. The summed E-state index contributed by atoms with van der Waals surface area (Å²) in [5.74, 6) is -0.984. The van der Waals surface area contributed by atoms with Gasteiger partial charge in [0, 0.05) is 17.7 Å². The number of carbonyl (C=O) groups is 1. The van der Waals surface area contributed by atoms with E-state index in [2.05, 4.69) is 10.3 Å². The number of nitro groups is 1. The molecule has 9 heteroatoms. The number of amides is 1. The Morgan fingerprint density at radius 1 is 1.03 bits per heavy atom. The van der Waals surface area contributed by atoms with Crippen LogP contribution in [0.5, 0.6) is 0 Å². The summed E-state index contributed by atoms with van der Waals surface area (Å²) in [5, 5.41) is 14.1. The number of thiazole rings is 1. The van der Waals surface area contributed by atoms with E-state index in [0.29, 0.717) is 11.3 Å². The molecule has 0 bridgehead atoms. The molecule has 0 saturated carbocycles. The van der Waals surface area contributed by atoms with Crippen molar-refractivity contribution in [1.29, 1.82) is 0 Å². The normalized spacial score (nSPS) is 10.6. The van der Waals surface area contributed by atoms with Crippen LogP contribution in [-0.2, 0) is 0 Å². The summed E-state index contributed by atoms with van der Waals surface area (Å²) in [7, 11) is 0. The minimum Gasteiger partial charge on any atom is -0.298 e. The van der Waals surface area contributed by atoms with Crippen LogP contribution in [0, 0.1) is 15.9 Å². The van der Waals surface area contributed by atoms with E-state index in [0.717, 1.165) is 16.5 Å². The Labute approximate surface area is 185 Å². The molecule has 3 aromatic carbocycles. The first kappa shape index (κ1) is 20.6. The minimum absolute atomic E-state index is 0.0318. The van der Waals surface area contributed by atoms with E-state index in [9.17, 15) is 19.3 Å². The molecule has 0 radical (unpaired) electrons. The van der Waals surface area contributed by atoms with Gasteiger partial charge in [-0.1, -0.05) is 53.3 Å². The molecule has 0 fully saturated rings. The number of carbonyl (C=O) groups excluding carboxylic acids is 1. The third-order valence-corrected chi connectivity index (χ3v) is 5.76. The van der Waals surface area contributed by atoms with Crippen molar-refractivity contribution >= 4 is 39.7 Å². The van der Waals surface area contributed by atoms with E-state index in [1.54, 1.807) is 12.1 Å². The predicted molar refractivity (Wildman–Crippen MR) is 119 cm³/mol. The molecule has 0 aliphatic heterocycles. The van der Waals surface area contributed by atoms with Crippen LogP contribution in [0.4, 0.5) is 15.2 Å². The number of nitro benzene ring substituents is 1. The zero-order valence-electron chi connectivity index (χ0n) is 15.7. The first-order chi connectivity index (χ1) is 14.9. The highest BCUT2D eigenvalue weighted by molar-refractivity contribution is 7.19. The summed E-state index contributed by atoms with van der Waals surface area (Å²) < 4.78 is 13.4. The maximum atomic E-state index is 13.4. The molecule has 1 amide bonds. The van der Waals surface area contributed by atoms with Crippen molar-refractivity contribution in [3.05, 3.63) is 99.3 Å². The first-order valence-corrected chi connectivity index (χ1v) is 10.2. The van der Waals surface area contributed by atoms with E-state index in [-0.39, 0.29) is 27.2 Å². The fourth-order valence-electron chi connectivity index (χ4n) is 2.93. The molecule has 4 rings (SSSR count). The van der Waals surface area contributed by atoms with Gasteiger partial charge in [0.25, 0.3) is 11.6 Å². The Bertz CT molecular complexity index is 1280. The Hall–Kier alpha value is -3.62. The van der Waals surface area contributed by atoms with Crippen LogP contribution in [0.2, 0.25) is 5.02 Å². The summed E-state index contributed by atoms with van der Waals surface area (Å²) >= 11 is 7.31. The number of aromatic nitrogens is 1. The van der Waals surface area contributed by atoms with Crippen molar-refractivity contribution in [1.82, 2.24) is 4.98 Å². The molecule has 1 heterocycles. The van der Waals surface area contributed by atoms with Crippen molar-refractivity contribution in [3.63, 3.8) is 0 Å². The molecule has 4 aromatic rings. The summed E-state index contributed by atoms with van der Waals surface area (Å²) in [5.41, 5.74) is 1.87. The standard InChI is InChI=1S/C22H13ClFN3O3S/c23-18-11-10-16(27(29)30)12-17(18)21(28)26-22-25-19(13-6-8-15(24)9-7-13)20(31-22)14-4-2-1-3-5-14/h1-12H,(H,25,26,28). The predicted octanol–water partition coefficient (Wildman–Crippen LogP) is 6.43. The number of nitrogens with zero attached hydrogens (tertiary/aromatic N) is 2. The third kappa shape index (κ3) is 4.45. The summed E-state index contributed by atoms with van der Waals surface area (Å²) in [6, 6.07) is 19.0. The lowest BCUT2D eigenvalue weighted by atomic mass is 10.1. The van der Waals surface area contributed by atoms with Crippen molar-refractivity contribution in [2.45, 2.75) is 0 Å². The fraction of sp³-hybridized carbons (Fsp3) is 0. The van der Waals surface area contributed by atoms with Crippen molar-refractivity contribution < 1.29 is 14.1 Å². The van der Waals surface area contributed by atoms with E-state index < -0.39 is 10.8 Å². The second kappa shape index (κ2) is 8.63. The molecule has 154 valence electrons. The van der Waals surface area contributed by atoms with Crippen LogP contribution in [-0.4, -0.2) is 15.8 Å². The van der Waals surface area contributed by atoms with Crippen LogP contribution in [0.3, 0.4) is 0 Å². The molecule has 0 aliphatic carbocycles. The Kier molecular flexibility index (Phi) is 5.75. The lowest BCUT2D eigenvalue weighted by Crippen LogP contribution is -2.12. The molecule has 0 unspecified atom stereocenters. The van der Waals surface area contributed by atoms with Crippen LogP contribution in [0.1, 0.15) is 10.4 Å². The smallest absolute Gasteiger partial charge is 0.270 e. The van der Waals surface area contributed by atoms with Gasteiger partial charge in [0.15, 0.2) is 5.13 Å². The summed E-state index contributed by atoms with van der Waals surface area (Å²) in [6.07, 6.45) is 0. The molecule has 1 aromatic heterocycles. The van der Waals surface area contributed by atoms with Gasteiger partial charge in [0.1, 0.15) is 5.82 Å². The van der Waals surface area contributed by atoms with E-state index in [1.807, 2.05) is 30.3 Å². The zero-order valence-corrected chi connectivity index (χ0v) is 17.3. The highest BCUT2D eigenvalue weighted by Gasteiger charge is 2.20. The highest BCUT2D eigenvalue weighted by atomic mass is 35.5. The Balaban J connectivity index is 1.73. The van der Waals surface area contributed by atoms with Gasteiger partial charge in [-0.3, -0.25) is 20.2 Å². The van der Waals surface area contributed by atoms with Crippen molar-refractivity contribution in [3.8, 4) is 21.7 Å². The molecule has 1 N–H and O–H groups in total. The molecule has 0 atom stereocenters. The number of benzene rings is 3. The number of nitrogens with one attached hydrogen (secondary N) is 1. The van der Waals surface area contributed by atoms with Gasteiger partial charge in [0.2, 0.25) is 0 Å².